The van der Waals surface area contributed by atoms with Crippen LogP contribution in [-0.4, -0.2) is 27.3 Å². The van der Waals surface area contributed by atoms with E-state index in [9.17, 15) is 9.59 Å². The van der Waals surface area contributed by atoms with E-state index in [2.05, 4.69) is 12.0 Å². The number of carbonyl (C=O) groups is 1. The molecule has 0 N–H and O–H groups in total. The highest BCUT2D eigenvalue weighted by atomic mass is 16.5. The molecular formula is C22H21N3O3. The number of fused-ring (bicyclic) bond motifs is 3. The van der Waals surface area contributed by atoms with E-state index in [1.165, 1.54) is 7.11 Å². The predicted molar refractivity (Wildman–Crippen MR) is 108 cm³/mol. The number of hydrogen-bond donors (Lipinski definition) is 0. The molecule has 6 heteroatoms. The van der Waals surface area contributed by atoms with Gasteiger partial charge in [-0.15, -0.1) is 5.10 Å². The Morgan fingerprint density at radius 3 is 2.61 bits per heavy atom. The standard InChI is InChI=1S/C22H21N3O3/c1-3-4-10-18-14-17-13-16(22(27)28-2)11-12-19(17)24-21(26)20(23-25(18)24)15-8-6-5-7-9-15/h5-9,11-14H,3-4,10H2,1-2H3. The average Bonchev–Trinajstić information content (AvgIpc) is 3.09. The molecule has 2 heterocycles. The molecule has 0 saturated heterocycles. The van der Waals surface area contributed by atoms with Crippen LogP contribution in [0.3, 0.4) is 0 Å². The lowest BCUT2D eigenvalue weighted by Gasteiger charge is -2.10. The summed E-state index contributed by atoms with van der Waals surface area (Å²) in [6, 6.07) is 16.7. The van der Waals surface area contributed by atoms with E-state index in [1.807, 2.05) is 36.4 Å². The van der Waals surface area contributed by atoms with E-state index in [1.54, 1.807) is 27.3 Å². The van der Waals surface area contributed by atoms with Crippen LogP contribution in [0.5, 0.6) is 0 Å². The van der Waals surface area contributed by atoms with E-state index in [4.69, 9.17) is 4.74 Å². The van der Waals surface area contributed by atoms with Gasteiger partial charge >= 0.3 is 5.97 Å². The summed E-state index contributed by atoms with van der Waals surface area (Å²) >= 11 is 0. The lowest BCUT2D eigenvalue weighted by molar-refractivity contribution is 0.0601. The maximum absolute atomic E-state index is 13.2. The van der Waals surface area contributed by atoms with Crippen molar-refractivity contribution in [1.29, 1.82) is 0 Å². The van der Waals surface area contributed by atoms with Crippen molar-refractivity contribution >= 4 is 16.9 Å². The van der Waals surface area contributed by atoms with E-state index in [0.29, 0.717) is 16.8 Å². The number of aryl methyl sites for hydroxylation is 1. The first-order chi connectivity index (χ1) is 13.6. The quantitative estimate of drug-likeness (QED) is 0.499. The highest BCUT2D eigenvalue weighted by Crippen LogP contribution is 2.21. The summed E-state index contributed by atoms with van der Waals surface area (Å²) in [6.45, 7) is 2.12. The fraction of sp³-hybridized carbons (Fsp3) is 0.227. The smallest absolute Gasteiger partial charge is 0.337 e. The van der Waals surface area contributed by atoms with Gasteiger partial charge in [0.05, 0.1) is 23.9 Å². The Bertz CT molecular complexity index is 1220. The second-order valence-electron chi connectivity index (χ2n) is 6.73. The minimum Gasteiger partial charge on any atom is -0.465 e. The minimum atomic E-state index is -0.400. The number of hydrogen-bond acceptors (Lipinski definition) is 4. The Kier molecular flexibility index (Phi) is 4.69. The molecule has 0 fully saturated rings. The van der Waals surface area contributed by atoms with Crippen LogP contribution >= 0.6 is 0 Å². The maximum atomic E-state index is 13.2. The van der Waals surface area contributed by atoms with Crippen molar-refractivity contribution in [2.24, 2.45) is 0 Å². The van der Waals surface area contributed by atoms with Gasteiger partial charge in [0.25, 0.3) is 5.56 Å². The molecule has 0 aliphatic rings. The molecule has 2 aromatic carbocycles. The molecule has 142 valence electrons. The van der Waals surface area contributed by atoms with Gasteiger partial charge in [-0.1, -0.05) is 43.7 Å². The van der Waals surface area contributed by atoms with Crippen LogP contribution < -0.4 is 5.56 Å². The van der Waals surface area contributed by atoms with E-state index in [-0.39, 0.29) is 5.56 Å². The molecule has 0 saturated carbocycles. The topological polar surface area (TPSA) is 65.1 Å². The van der Waals surface area contributed by atoms with Gasteiger partial charge in [-0.25, -0.2) is 4.79 Å². The zero-order valence-electron chi connectivity index (χ0n) is 15.9. The van der Waals surface area contributed by atoms with Gasteiger partial charge in [-0.2, -0.15) is 9.15 Å². The van der Waals surface area contributed by atoms with Crippen molar-refractivity contribution in [1.82, 2.24) is 14.2 Å². The minimum absolute atomic E-state index is 0.180. The number of benzene rings is 2. The highest BCUT2D eigenvalue weighted by Gasteiger charge is 2.17. The van der Waals surface area contributed by atoms with Crippen LogP contribution in [0, 0.1) is 0 Å². The first-order valence-electron chi connectivity index (χ1n) is 9.35. The first-order valence-corrected chi connectivity index (χ1v) is 9.35. The fourth-order valence-electron chi connectivity index (χ4n) is 3.43. The van der Waals surface area contributed by atoms with Crippen molar-refractivity contribution in [3.05, 3.63) is 76.2 Å². The van der Waals surface area contributed by atoms with E-state index < -0.39 is 5.97 Å². The maximum Gasteiger partial charge on any atom is 0.337 e. The zero-order valence-corrected chi connectivity index (χ0v) is 15.9. The average molecular weight is 375 g/mol. The van der Waals surface area contributed by atoms with Gasteiger partial charge in [0.2, 0.25) is 0 Å². The van der Waals surface area contributed by atoms with Crippen molar-refractivity contribution in [3.8, 4) is 11.3 Å². The van der Waals surface area contributed by atoms with Crippen LogP contribution in [0.2, 0.25) is 0 Å². The van der Waals surface area contributed by atoms with Crippen molar-refractivity contribution in [2.75, 3.05) is 7.11 Å². The van der Waals surface area contributed by atoms with Crippen LogP contribution in [-0.2, 0) is 11.2 Å². The molecule has 28 heavy (non-hydrogen) atoms. The largest absolute Gasteiger partial charge is 0.465 e. The van der Waals surface area contributed by atoms with Crippen molar-refractivity contribution < 1.29 is 9.53 Å². The molecular weight excluding hydrogens is 354 g/mol. The van der Waals surface area contributed by atoms with Crippen LogP contribution in [0.4, 0.5) is 0 Å². The third-order valence-corrected chi connectivity index (χ3v) is 4.87. The molecule has 2 aromatic heterocycles. The lowest BCUT2D eigenvalue weighted by atomic mass is 10.1. The molecule has 0 atom stereocenters. The summed E-state index contributed by atoms with van der Waals surface area (Å²) in [6.07, 6.45) is 2.80. The van der Waals surface area contributed by atoms with Crippen LogP contribution in [0.15, 0.2) is 59.4 Å². The van der Waals surface area contributed by atoms with Gasteiger partial charge in [-0.05, 0) is 37.1 Å². The van der Waals surface area contributed by atoms with Gasteiger partial charge in [0.1, 0.15) is 0 Å². The SMILES string of the molecule is CCCCc1cc2cc(C(=O)OC)ccc2n2c(=O)c(-c3ccccc3)nn12. The number of carbonyl (C=O) groups excluding carboxylic acids is 1. The molecule has 0 aliphatic carbocycles. The van der Waals surface area contributed by atoms with E-state index >= 15 is 0 Å². The van der Waals surface area contributed by atoms with Crippen LogP contribution in [0.1, 0.15) is 35.8 Å². The summed E-state index contributed by atoms with van der Waals surface area (Å²) in [5.74, 6) is -0.400. The van der Waals surface area contributed by atoms with E-state index in [0.717, 1.165) is 35.9 Å². The van der Waals surface area contributed by atoms with Gasteiger partial charge < -0.3 is 4.74 Å². The lowest BCUT2D eigenvalue weighted by Crippen LogP contribution is -2.16. The van der Waals surface area contributed by atoms with Gasteiger partial charge in [-0.3, -0.25) is 4.79 Å². The first kappa shape index (κ1) is 18.0. The van der Waals surface area contributed by atoms with Crippen molar-refractivity contribution in [3.63, 3.8) is 0 Å². The molecule has 6 nitrogen and oxygen atoms in total. The Labute approximate surface area is 162 Å². The molecule has 0 amide bonds. The third-order valence-electron chi connectivity index (χ3n) is 4.87. The third kappa shape index (κ3) is 2.97. The molecule has 0 unspecified atom stereocenters. The summed E-state index contributed by atoms with van der Waals surface area (Å²) in [5.41, 5.74) is 3.10. The summed E-state index contributed by atoms with van der Waals surface area (Å²) < 4.78 is 8.11. The highest BCUT2D eigenvalue weighted by molar-refractivity contribution is 5.94. The number of methoxy groups -OCH3 is 1. The Balaban J connectivity index is 2.03. The second kappa shape index (κ2) is 7.31. The number of esters is 1. The summed E-state index contributed by atoms with van der Waals surface area (Å²) in [5, 5.41) is 5.44. The number of rotatable bonds is 5. The molecule has 4 aromatic rings. The number of nitrogens with zero attached hydrogens (tertiary/aromatic N) is 3. The van der Waals surface area contributed by atoms with Gasteiger partial charge in [0, 0.05) is 10.9 Å². The molecule has 4 rings (SSSR count). The van der Waals surface area contributed by atoms with Crippen LogP contribution in [0.25, 0.3) is 22.2 Å². The molecule has 0 aliphatic heterocycles. The zero-order chi connectivity index (χ0) is 19.7. The number of unbranched alkanes of at least 4 members (excludes halogenated alkanes) is 1. The second-order valence-corrected chi connectivity index (χ2v) is 6.73. The molecule has 0 radical (unpaired) electrons. The van der Waals surface area contributed by atoms with Gasteiger partial charge in [0.15, 0.2) is 5.69 Å². The molecule has 0 spiro atoms. The molecule has 0 bridgehead atoms. The summed E-state index contributed by atoms with van der Waals surface area (Å²) in [7, 11) is 1.36. The summed E-state index contributed by atoms with van der Waals surface area (Å²) in [4.78, 5) is 25.2. The van der Waals surface area contributed by atoms with Crippen molar-refractivity contribution in [2.45, 2.75) is 26.2 Å². The fourth-order valence-corrected chi connectivity index (χ4v) is 3.43. The normalized spacial score (nSPS) is 11.2. The predicted octanol–water partition coefficient (Wildman–Crippen LogP) is 3.74. The Morgan fingerprint density at radius 2 is 1.89 bits per heavy atom. The monoisotopic (exact) mass is 375 g/mol. The number of ether oxygens (including phenoxy) is 1. The Morgan fingerprint density at radius 1 is 1.11 bits per heavy atom. The number of aromatic nitrogens is 3. The Hall–Kier alpha value is -3.41.